The fourth-order valence-corrected chi connectivity index (χ4v) is 2.54. The number of rotatable bonds is 6. The number of amides is 1. The highest BCUT2D eigenvalue weighted by Gasteiger charge is 2.22. The minimum Gasteiger partial charge on any atom is -0.339 e. The largest absolute Gasteiger partial charge is 0.339 e. The lowest BCUT2D eigenvalue weighted by Gasteiger charge is -2.20. The second-order valence-electron chi connectivity index (χ2n) is 5.20. The van der Waals surface area contributed by atoms with Crippen LogP contribution in [-0.2, 0) is 0 Å². The number of carbonyl (C=O) groups excluding carboxylic acids is 1. The topological polar surface area (TPSA) is 61.9 Å². The van der Waals surface area contributed by atoms with Gasteiger partial charge in [-0.3, -0.25) is 4.79 Å². The van der Waals surface area contributed by atoms with E-state index >= 15 is 0 Å². The van der Waals surface area contributed by atoms with E-state index in [-0.39, 0.29) is 11.6 Å². The van der Waals surface area contributed by atoms with E-state index in [2.05, 4.69) is 11.2 Å². The Morgan fingerprint density at radius 2 is 1.87 bits per heavy atom. The molecule has 1 heterocycles. The first kappa shape index (κ1) is 17.0. The third-order valence-electron chi connectivity index (χ3n) is 3.45. The second kappa shape index (κ2) is 7.80. The fourth-order valence-electron chi connectivity index (χ4n) is 2.42. The summed E-state index contributed by atoms with van der Waals surface area (Å²) < 4.78 is 1.47. The molecule has 2 rings (SSSR count). The van der Waals surface area contributed by atoms with E-state index in [1.165, 1.54) is 10.9 Å². The predicted octanol–water partition coefficient (Wildman–Crippen LogP) is 3.66. The van der Waals surface area contributed by atoms with Crippen LogP contribution < -0.4 is 0 Å². The molecule has 1 amide bonds. The van der Waals surface area contributed by atoms with Gasteiger partial charge in [-0.1, -0.05) is 25.4 Å². The fraction of sp³-hybridized carbons (Fsp3) is 0.353. The first-order chi connectivity index (χ1) is 11.1. The molecule has 0 bridgehead atoms. The van der Waals surface area contributed by atoms with Crippen LogP contribution in [0.5, 0.6) is 0 Å². The summed E-state index contributed by atoms with van der Waals surface area (Å²) in [5.74, 6) is -0.148. The third kappa shape index (κ3) is 3.72. The number of hydrogen-bond donors (Lipinski definition) is 0. The van der Waals surface area contributed by atoms with Gasteiger partial charge in [-0.2, -0.15) is 10.4 Å². The Balaban J connectivity index is 2.39. The van der Waals surface area contributed by atoms with Crippen molar-refractivity contribution < 1.29 is 4.79 Å². The van der Waals surface area contributed by atoms with Crippen molar-refractivity contribution in [3.8, 4) is 11.8 Å². The van der Waals surface area contributed by atoms with Crippen LogP contribution in [0.1, 0.15) is 42.7 Å². The van der Waals surface area contributed by atoms with E-state index < -0.39 is 0 Å². The zero-order valence-corrected chi connectivity index (χ0v) is 14.0. The van der Waals surface area contributed by atoms with Gasteiger partial charge in [0, 0.05) is 18.1 Å². The molecule has 0 spiro atoms. The van der Waals surface area contributed by atoms with Crippen LogP contribution >= 0.6 is 11.6 Å². The lowest BCUT2D eigenvalue weighted by Crippen LogP contribution is -2.32. The number of carbonyl (C=O) groups is 1. The van der Waals surface area contributed by atoms with Crippen LogP contribution in [0.3, 0.4) is 0 Å². The highest BCUT2D eigenvalue weighted by molar-refractivity contribution is 6.30. The molecule has 120 valence electrons. The van der Waals surface area contributed by atoms with Crippen LogP contribution in [0.2, 0.25) is 5.02 Å². The first-order valence-electron chi connectivity index (χ1n) is 7.65. The van der Waals surface area contributed by atoms with Gasteiger partial charge in [-0.05, 0) is 37.1 Å². The minimum atomic E-state index is -0.148. The van der Waals surface area contributed by atoms with Crippen molar-refractivity contribution >= 4 is 17.5 Å². The molecule has 2 aromatic rings. The van der Waals surface area contributed by atoms with Crippen molar-refractivity contribution in [2.75, 3.05) is 13.1 Å². The molecule has 1 aromatic carbocycles. The summed E-state index contributed by atoms with van der Waals surface area (Å²) in [5.41, 5.74) is 1.28. The SMILES string of the molecule is CCCN(CCC)C(=O)c1cnn(-c2ccc(Cl)cc2)c1C#N. The smallest absolute Gasteiger partial charge is 0.258 e. The van der Waals surface area contributed by atoms with Crippen molar-refractivity contribution in [3.63, 3.8) is 0 Å². The number of nitrogens with zero attached hydrogens (tertiary/aromatic N) is 4. The summed E-state index contributed by atoms with van der Waals surface area (Å²) >= 11 is 5.88. The van der Waals surface area contributed by atoms with Crippen molar-refractivity contribution in [3.05, 3.63) is 46.7 Å². The van der Waals surface area contributed by atoms with E-state index in [4.69, 9.17) is 11.6 Å². The maximum atomic E-state index is 12.7. The zero-order chi connectivity index (χ0) is 16.8. The second-order valence-corrected chi connectivity index (χ2v) is 5.64. The lowest BCUT2D eigenvalue weighted by atomic mass is 10.2. The van der Waals surface area contributed by atoms with Crippen LogP contribution in [0.15, 0.2) is 30.5 Å². The minimum absolute atomic E-state index is 0.148. The summed E-state index contributed by atoms with van der Waals surface area (Å²) in [5, 5.41) is 14.3. The van der Waals surface area contributed by atoms with E-state index in [9.17, 15) is 10.1 Å². The molecule has 0 saturated carbocycles. The molecule has 0 aliphatic carbocycles. The summed E-state index contributed by atoms with van der Waals surface area (Å²) in [7, 11) is 0. The maximum absolute atomic E-state index is 12.7. The molecule has 23 heavy (non-hydrogen) atoms. The third-order valence-corrected chi connectivity index (χ3v) is 3.70. The molecule has 0 N–H and O–H groups in total. The molecule has 0 radical (unpaired) electrons. The highest BCUT2D eigenvalue weighted by Crippen LogP contribution is 2.18. The molecular formula is C17H19ClN4O. The van der Waals surface area contributed by atoms with E-state index in [0.717, 1.165) is 12.8 Å². The quantitative estimate of drug-likeness (QED) is 0.812. The Kier molecular flexibility index (Phi) is 5.78. The monoisotopic (exact) mass is 330 g/mol. The molecule has 0 fully saturated rings. The number of halogens is 1. The van der Waals surface area contributed by atoms with Crippen LogP contribution in [0.4, 0.5) is 0 Å². The van der Waals surface area contributed by atoms with Gasteiger partial charge in [-0.25, -0.2) is 4.68 Å². The van der Waals surface area contributed by atoms with E-state index in [1.54, 1.807) is 29.2 Å². The molecular weight excluding hydrogens is 312 g/mol. The average Bonchev–Trinajstić information content (AvgIpc) is 2.98. The Morgan fingerprint density at radius 1 is 1.26 bits per heavy atom. The normalized spacial score (nSPS) is 10.3. The molecule has 0 aliphatic heterocycles. The van der Waals surface area contributed by atoms with Gasteiger partial charge >= 0.3 is 0 Å². The van der Waals surface area contributed by atoms with Crippen molar-refractivity contribution in [1.82, 2.24) is 14.7 Å². The average molecular weight is 331 g/mol. The van der Waals surface area contributed by atoms with E-state index in [1.807, 2.05) is 13.8 Å². The Hall–Kier alpha value is -2.32. The molecule has 0 unspecified atom stereocenters. The number of nitriles is 1. The van der Waals surface area contributed by atoms with Crippen molar-refractivity contribution in [2.24, 2.45) is 0 Å². The van der Waals surface area contributed by atoms with Gasteiger partial charge < -0.3 is 4.90 Å². The van der Waals surface area contributed by atoms with Crippen LogP contribution in [0, 0.1) is 11.3 Å². The summed E-state index contributed by atoms with van der Waals surface area (Å²) in [6.45, 7) is 5.39. The lowest BCUT2D eigenvalue weighted by molar-refractivity contribution is 0.0755. The molecule has 5 nitrogen and oxygen atoms in total. The Morgan fingerprint density at radius 3 is 2.39 bits per heavy atom. The number of hydrogen-bond acceptors (Lipinski definition) is 3. The van der Waals surface area contributed by atoms with Gasteiger partial charge in [0.1, 0.15) is 6.07 Å². The Labute approximate surface area is 141 Å². The van der Waals surface area contributed by atoms with Crippen molar-refractivity contribution in [2.45, 2.75) is 26.7 Å². The Bertz CT molecular complexity index is 709. The summed E-state index contributed by atoms with van der Waals surface area (Å²) in [6.07, 6.45) is 3.21. The molecule has 6 heteroatoms. The van der Waals surface area contributed by atoms with E-state index in [0.29, 0.717) is 29.4 Å². The number of benzene rings is 1. The zero-order valence-electron chi connectivity index (χ0n) is 13.3. The number of aromatic nitrogens is 2. The van der Waals surface area contributed by atoms with Gasteiger partial charge in [0.25, 0.3) is 5.91 Å². The highest BCUT2D eigenvalue weighted by atomic mass is 35.5. The first-order valence-corrected chi connectivity index (χ1v) is 8.03. The maximum Gasteiger partial charge on any atom is 0.258 e. The summed E-state index contributed by atoms with van der Waals surface area (Å²) in [6, 6.07) is 9.07. The molecule has 0 saturated heterocycles. The molecule has 0 atom stereocenters. The van der Waals surface area contributed by atoms with Crippen molar-refractivity contribution in [1.29, 1.82) is 5.26 Å². The van der Waals surface area contributed by atoms with Gasteiger partial charge in [0.2, 0.25) is 0 Å². The standard InChI is InChI=1S/C17H19ClN4O/c1-3-9-21(10-4-2)17(23)15-12-20-22(16(15)11-19)14-7-5-13(18)6-8-14/h5-8,12H,3-4,9-10H2,1-2H3. The summed E-state index contributed by atoms with van der Waals surface area (Å²) in [4.78, 5) is 14.5. The predicted molar refractivity (Wildman–Crippen MR) is 89.8 cm³/mol. The van der Waals surface area contributed by atoms with Crippen LogP contribution in [0.25, 0.3) is 5.69 Å². The van der Waals surface area contributed by atoms with Gasteiger partial charge in [-0.15, -0.1) is 0 Å². The molecule has 1 aromatic heterocycles. The van der Waals surface area contributed by atoms with Gasteiger partial charge in [0.05, 0.1) is 17.4 Å². The van der Waals surface area contributed by atoms with Crippen LogP contribution in [-0.4, -0.2) is 33.7 Å². The molecule has 0 aliphatic rings. The van der Waals surface area contributed by atoms with Gasteiger partial charge in [0.15, 0.2) is 5.69 Å².